The van der Waals surface area contributed by atoms with Crippen molar-refractivity contribution in [3.63, 3.8) is 0 Å². The van der Waals surface area contributed by atoms with E-state index >= 15 is 0 Å². The van der Waals surface area contributed by atoms with Gasteiger partial charge in [0, 0.05) is 41.8 Å². The fraction of sp³-hybridized carbons (Fsp3) is 0.741. The summed E-state index contributed by atoms with van der Waals surface area (Å²) in [5.74, 6) is -0.924. The Hall–Kier alpha value is -1.22. The maximum Gasteiger partial charge on any atom is 0.474 e. The summed E-state index contributed by atoms with van der Waals surface area (Å²) in [6, 6.07) is 0. The second kappa shape index (κ2) is 15.2. The minimum Gasteiger partial charge on any atom is -0.366 e. The molecular weight excluding hydrogens is 607 g/mol. The molecule has 3 aliphatic rings. The third-order valence-electron chi connectivity index (χ3n) is 6.68. The van der Waals surface area contributed by atoms with Crippen LogP contribution in [0.4, 0.5) is 0 Å². The van der Waals surface area contributed by atoms with Crippen molar-refractivity contribution in [2.24, 2.45) is 11.1 Å². The summed E-state index contributed by atoms with van der Waals surface area (Å²) in [7, 11) is -4.11. The van der Waals surface area contributed by atoms with Gasteiger partial charge in [-0.2, -0.15) is 0 Å². The molecule has 15 heteroatoms. The molecule has 2 N–H and O–H groups in total. The first-order valence-corrected chi connectivity index (χ1v) is 17.4. The van der Waals surface area contributed by atoms with Crippen LogP contribution in [0.2, 0.25) is 0 Å². The third kappa shape index (κ3) is 9.90. The summed E-state index contributed by atoms with van der Waals surface area (Å²) >= 11 is 2.14. The minimum atomic E-state index is -4.11. The molecule has 42 heavy (non-hydrogen) atoms. The van der Waals surface area contributed by atoms with E-state index in [4.69, 9.17) is 33.5 Å². The van der Waals surface area contributed by atoms with E-state index in [9.17, 15) is 18.9 Å². The maximum absolute atomic E-state index is 13.6. The number of fused-ring (bicyclic) bond motifs is 1. The predicted octanol–water partition coefficient (Wildman–Crippen LogP) is 4.34. The van der Waals surface area contributed by atoms with E-state index in [1.807, 2.05) is 20.8 Å². The van der Waals surface area contributed by atoms with E-state index in [2.05, 4.69) is 0 Å². The molecule has 3 rings (SSSR count). The summed E-state index contributed by atoms with van der Waals surface area (Å²) in [6.07, 6.45) is 4.72. The molecule has 0 bridgehead atoms. The summed E-state index contributed by atoms with van der Waals surface area (Å²) in [6.45, 7) is 10.5. The standard InChI is InChI=1S/C27H43N2O10PS2/c1-7-10-26(3,4)25(32)42-15-13-35-40(33,34-12-14-41-18(2)30)36-17-20-21-22(39-27(5,6)38-21)24(37-20)29-11-8-9-19(16-29)23(28)31/h8,11,16,20-22,24H,7,9-10,12-15,17H2,1-6H3,(H2,28,31). The number of allylic oxidation sites excluding steroid dienone is 1. The lowest BCUT2D eigenvalue weighted by Crippen LogP contribution is -2.40. The van der Waals surface area contributed by atoms with E-state index in [1.54, 1.807) is 37.2 Å². The van der Waals surface area contributed by atoms with Crippen LogP contribution in [0.15, 0.2) is 24.0 Å². The number of phosphoric ester groups is 1. The lowest BCUT2D eigenvalue weighted by molar-refractivity contribution is -0.201. The van der Waals surface area contributed by atoms with Crippen molar-refractivity contribution >= 4 is 47.5 Å². The van der Waals surface area contributed by atoms with E-state index in [0.29, 0.717) is 12.0 Å². The number of carbonyl (C=O) groups excluding carboxylic acids is 3. The molecule has 1 amide bonds. The Morgan fingerprint density at radius 3 is 2.38 bits per heavy atom. The first-order chi connectivity index (χ1) is 19.7. The van der Waals surface area contributed by atoms with E-state index < -0.39 is 49.5 Å². The average molecular weight is 651 g/mol. The van der Waals surface area contributed by atoms with E-state index in [0.717, 1.165) is 36.4 Å². The van der Waals surface area contributed by atoms with Crippen LogP contribution in [0.3, 0.4) is 0 Å². The Balaban J connectivity index is 1.66. The summed E-state index contributed by atoms with van der Waals surface area (Å²) in [5.41, 5.74) is 5.43. The number of primary amides is 1. The highest BCUT2D eigenvalue weighted by Gasteiger charge is 2.57. The van der Waals surface area contributed by atoms with Gasteiger partial charge in [0.05, 0.1) is 19.8 Å². The Morgan fingerprint density at radius 2 is 1.76 bits per heavy atom. The molecule has 0 aliphatic carbocycles. The van der Waals surface area contributed by atoms with Gasteiger partial charge in [-0.25, -0.2) is 4.57 Å². The molecule has 0 aromatic rings. The van der Waals surface area contributed by atoms with Crippen molar-refractivity contribution in [3.05, 3.63) is 24.0 Å². The van der Waals surface area contributed by atoms with Crippen LogP contribution in [-0.2, 0) is 46.7 Å². The smallest absolute Gasteiger partial charge is 0.366 e. The molecule has 0 saturated carbocycles. The molecule has 0 aromatic heterocycles. The zero-order chi connectivity index (χ0) is 31.1. The van der Waals surface area contributed by atoms with Gasteiger partial charge >= 0.3 is 7.82 Å². The SMILES string of the molecule is CCCC(C)(C)C(=O)SCCOP(=O)(OCCSC(C)=O)OCC1OC(N2C=CCC(C(N)=O)=C2)C2OC(C)(C)OC12. The van der Waals surface area contributed by atoms with Gasteiger partial charge in [0.2, 0.25) is 5.91 Å². The van der Waals surface area contributed by atoms with Gasteiger partial charge in [-0.15, -0.1) is 0 Å². The Labute approximate surface area is 256 Å². The summed E-state index contributed by atoms with van der Waals surface area (Å²) in [4.78, 5) is 37.4. The number of carbonyl (C=O) groups is 3. The van der Waals surface area contributed by atoms with Crippen LogP contribution in [0.1, 0.15) is 60.8 Å². The highest BCUT2D eigenvalue weighted by atomic mass is 32.2. The second-order valence-electron chi connectivity index (χ2n) is 11.2. The fourth-order valence-corrected chi connectivity index (χ4v) is 7.48. The van der Waals surface area contributed by atoms with Crippen LogP contribution in [0, 0.1) is 5.41 Å². The number of nitrogens with zero attached hydrogens (tertiary/aromatic N) is 1. The fourth-order valence-electron chi connectivity index (χ4n) is 4.75. The number of hydrogen-bond donors (Lipinski definition) is 1. The van der Waals surface area contributed by atoms with Crippen molar-refractivity contribution in [1.82, 2.24) is 4.90 Å². The second-order valence-corrected chi connectivity index (χ2v) is 15.2. The van der Waals surface area contributed by atoms with E-state index in [-0.39, 0.29) is 41.6 Å². The Bertz CT molecular complexity index is 1100. The largest absolute Gasteiger partial charge is 0.474 e. The van der Waals surface area contributed by atoms with Crippen LogP contribution < -0.4 is 5.73 Å². The first-order valence-electron chi connectivity index (χ1n) is 14.0. The van der Waals surface area contributed by atoms with Crippen LogP contribution in [0.25, 0.3) is 0 Å². The minimum absolute atomic E-state index is 0.0280. The molecule has 3 heterocycles. The Morgan fingerprint density at radius 1 is 1.12 bits per heavy atom. The van der Waals surface area contributed by atoms with Crippen molar-refractivity contribution in [1.29, 1.82) is 0 Å². The van der Waals surface area contributed by atoms with E-state index in [1.165, 1.54) is 6.92 Å². The predicted molar refractivity (Wildman–Crippen MR) is 160 cm³/mol. The zero-order valence-corrected chi connectivity index (χ0v) is 27.6. The van der Waals surface area contributed by atoms with Gasteiger partial charge < -0.3 is 24.8 Å². The molecule has 12 nitrogen and oxygen atoms in total. The average Bonchev–Trinajstić information content (AvgIpc) is 3.40. The van der Waals surface area contributed by atoms with Gasteiger partial charge in [-0.05, 0) is 26.7 Å². The Kier molecular flexibility index (Phi) is 12.7. The highest BCUT2D eigenvalue weighted by Crippen LogP contribution is 2.51. The van der Waals surface area contributed by atoms with Crippen molar-refractivity contribution < 1.29 is 46.7 Å². The molecule has 238 valence electrons. The van der Waals surface area contributed by atoms with Gasteiger partial charge in [-0.3, -0.25) is 28.0 Å². The van der Waals surface area contributed by atoms with Crippen LogP contribution >= 0.6 is 31.3 Å². The monoisotopic (exact) mass is 650 g/mol. The molecule has 5 unspecified atom stereocenters. The molecule has 0 radical (unpaired) electrons. The van der Waals surface area contributed by atoms with Gasteiger partial charge in [0.25, 0.3) is 0 Å². The molecule has 3 aliphatic heterocycles. The molecule has 2 saturated heterocycles. The number of phosphoric acid groups is 1. The molecule has 0 aromatic carbocycles. The summed E-state index contributed by atoms with van der Waals surface area (Å²) < 4.78 is 48.9. The van der Waals surface area contributed by atoms with Crippen LogP contribution in [-0.4, -0.2) is 82.7 Å². The maximum atomic E-state index is 13.6. The van der Waals surface area contributed by atoms with Crippen molar-refractivity contribution in [2.75, 3.05) is 31.3 Å². The van der Waals surface area contributed by atoms with Gasteiger partial charge in [0.15, 0.2) is 22.2 Å². The van der Waals surface area contributed by atoms with Crippen LogP contribution in [0.5, 0.6) is 0 Å². The lowest BCUT2D eigenvalue weighted by Gasteiger charge is -2.31. The third-order valence-corrected chi connectivity index (χ3v) is 10.1. The quantitative estimate of drug-likeness (QED) is 0.186. The molecule has 5 atom stereocenters. The van der Waals surface area contributed by atoms with Crippen molar-refractivity contribution in [3.8, 4) is 0 Å². The topological polar surface area (TPSA) is 153 Å². The summed E-state index contributed by atoms with van der Waals surface area (Å²) in [5, 5.41) is -0.0714. The highest BCUT2D eigenvalue weighted by molar-refractivity contribution is 8.13. The number of nitrogens with two attached hydrogens (primary N) is 1. The molecule has 2 fully saturated rings. The normalized spacial score (nSPS) is 26.5. The number of ether oxygens (including phenoxy) is 3. The molecule has 0 spiro atoms. The molecular formula is C27H43N2O10PS2. The number of thioether (sulfide) groups is 2. The van der Waals surface area contributed by atoms with Gasteiger partial charge in [-0.1, -0.05) is 56.8 Å². The van der Waals surface area contributed by atoms with Crippen molar-refractivity contribution in [2.45, 2.75) is 91.1 Å². The number of hydrogen-bond acceptors (Lipinski definition) is 13. The zero-order valence-electron chi connectivity index (χ0n) is 25.1. The number of amides is 1. The lowest BCUT2D eigenvalue weighted by atomic mass is 9.90. The van der Waals surface area contributed by atoms with Gasteiger partial charge in [0.1, 0.15) is 18.3 Å². The number of rotatable bonds is 16. The first kappa shape index (κ1) is 35.3.